The Labute approximate surface area is 128 Å². The molecular weight excluding hydrogens is 366 g/mol. The first-order chi connectivity index (χ1) is 9.45. The SMILES string of the molecule is COc1ccc(/C=N\S(=O)(=O)c2cccs2)c(Br)c1O. The summed E-state index contributed by atoms with van der Waals surface area (Å²) in [6, 6.07) is 6.25. The molecule has 1 aromatic carbocycles. The van der Waals surface area contributed by atoms with Gasteiger partial charge in [-0.1, -0.05) is 6.07 Å². The van der Waals surface area contributed by atoms with Crippen molar-refractivity contribution in [3.8, 4) is 11.5 Å². The third-order valence-electron chi connectivity index (χ3n) is 2.41. The smallest absolute Gasteiger partial charge is 0.291 e. The van der Waals surface area contributed by atoms with E-state index in [-0.39, 0.29) is 15.7 Å². The first-order valence-corrected chi connectivity index (χ1v) is 8.46. The molecule has 0 bridgehead atoms. The molecule has 0 radical (unpaired) electrons. The Morgan fingerprint density at radius 1 is 1.40 bits per heavy atom. The summed E-state index contributed by atoms with van der Waals surface area (Å²) >= 11 is 4.27. The van der Waals surface area contributed by atoms with E-state index in [4.69, 9.17) is 4.74 Å². The highest BCUT2D eigenvalue weighted by Crippen LogP contribution is 2.35. The third-order valence-corrected chi connectivity index (χ3v) is 5.85. The maximum absolute atomic E-state index is 11.9. The Bertz CT molecular complexity index is 739. The van der Waals surface area contributed by atoms with E-state index in [1.54, 1.807) is 17.5 Å². The largest absolute Gasteiger partial charge is 0.503 e. The van der Waals surface area contributed by atoms with Gasteiger partial charge in [0.05, 0.1) is 11.6 Å². The van der Waals surface area contributed by atoms with Crippen molar-refractivity contribution in [2.45, 2.75) is 4.21 Å². The van der Waals surface area contributed by atoms with Gasteiger partial charge in [-0.15, -0.1) is 11.3 Å². The van der Waals surface area contributed by atoms with Crippen molar-refractivity contribution in [3.05, 3.63) is 39.7 Å². The van der Waals surface area contributed by atoms with Crippen molar-refractivity contribution < 1.29 is 18.3 Å². The number of nitrogens with zero attached hydrogens (tertiary/aromatic N) is 1. The number of hydrogen-bond acceptors (Lipinski definition) is 5. The van der Waals surface area contributed by atoms with Gasteiger partial charge < -0.3 is 9.84 Å². The van der Waals surface area contributed by atoms with Crippen LogP contribution in [0.25, 0.3) is 0 Å². The lowest BCUT2D eigenvalue weighted by atomic mass is 10.2. The van der Waals surface area contributed by atoms with Crippen LogP contribution in [0.4, 0.5) is 0 Å². The lowest BCUT2D eigenvalue weighted by Gasteiger charge is -2.06. The summed E-state index contributed by atoms with van der Waals surface area (Å²) in [5, 5.41) is 11.5. The quantitative estimate of drug-likeness (QED) is 0.833. The second-order valence-corrected chi connectivity index (χ2v) is 7.26. The molecule has 106 valence electrons. The molecule has 0 atom stereocenters. The van der Waals surface area contributed by atoms with Crippen molar-refractivity contribution >= 4 is 43.5 Å². The van der Waals surface area contributed by atoms with Gasteiger partial charge in [-0.2, -0.15) is 12.8 Å². The third kappa shape index (κ3) is 3.02. The van der Waals surface area contributed by atoms with Crippen LogP contribution in [0.3, 0.4) is 0 Å². The molecule has 0 aliphatic rings. The van der Waals surface area contributed by atoms with Gasteiger partial charge in [0.1, 0.15) is 4.21 Å². The molecule has 0 fully saturated rings. The summed E-state index contributed by atoms with van der Waals surface area (Å²) in [5.41, 5.74) is 0.434. The fourth-order valence-electron chi connectivity index (χ4n) is 1.42. The molecule has 5 nitrogen and oxygen atoms in total. The number of halogens is 1. The molecule has 20 heavy (non-hydrogen) atoms. The van der Waals surface area contributed by atoms with Crippen LogP contribution >= 0.6 is 27.3 Å². The predicted molar refractivity (Wildman–Crippen MR) is 81.5 cm³/mol. The molecule has 0 saturated carbocycles. The van der Waals surface area contributed by atoms with Crippen molar-refractivity contribution in [1.29, 1.82) is 0 Å². The number of hydrogen-bond donors (Lipinski definition) is 1. The van der Waals surface area contributed by atoms with E-state index in [9.17, 15) is 13.5 Å². The van der Waals surface area contributed by atoms with Gasteiger partial charge in [0.25, 0.3) is 10.0 Å². The first kappa shape index (κ1) is 15.0. The Kier molecular flexibility index (Phi) is 4.46. The number of rotatable bonds is 4. The molecule has 0 aliphatic carbocycles. The zero-order valence-corrected chi connectivity index (χ0v) is 13.5. The van der Waals surface area contributed by atoms with Gasteiger partial charge >= 0.3 is 0 Å². The van der Waals surface area contributed by atoms with Gasteiger partial charge in [0, 0.05) is 11.8 Å². The van der Waals surface area contributed by atoms with Crippen LogP contribution in [0.1, 0.15) is 5.56 Å². The molecule has 1 N–H and O–H groups in total. The molecule has 0 aliphatic heterocycles. The maximum Gasteiger partial charge on any atom is 0.291 e. The van der Waals surface area contributed by atoms with E-state index in [2.05, 4.69) is 20.3 Å². The standard InChI is InChI=1S/C12H10BrNO4S2/c1-18-9-5-4-8(11(13)12(9)15)7-14-20(16,17)10-3-2-6-19-10/h2-7,15H,1H3/b14-7-. The van der Waals surface area contributed by atoms with Crippen molar-refractivity contribution in [2.24, 2.45) is 4.40 Å². The van der Waals surface area contributed by atoms with Crippen LogP contribution < -0.4 is 4.74 Å². The summed E-state index contributed by atoms with van der Waals surface area (Å²) in [5.74, 6) is 0.181. The Hall–Kier alpha value is -1.38. The molecule has 0 spiro atoms. The lowest BCUT2D eigenvalue weighted by molar-refractivity contribution is 0.372. The maximum atomic E-state index is 11.9. The van der Waals surface area contributed by atoms with Gasteiger partial charge in [-0.25, -0.2) is 0 Å². The van der Waals surface area contributed by atoms with Crippen LogP contribution in [0.15, 0.2) is 42.7 Å². The van der Waals surface area contributed by atoms with Crippen molar-refractivity contribution in [1.82, 2.24) is 0 Å². The zero-order chi connectivity index (χ0) is 14.8. The highest BCUT2D eigenvalue weighted by Gasteiger charge is 2.14. The van der Waals surface area contributed by atoms with E-state index < -0.39 is 10.0 Å². The molecule has 8 heteroatoms. The summed E-state index contributed by atoms with van der Waals surface area (Å²) in [7, 11) is -2.28. The van der Waals surface area contributed by atoms with Gasteiger partial charge in [-0.05, 0) is 39.5 Å². The molecule has 2 aromatic rings. The van der Waals surface area contributed by atoms with Crippen LogP contribution in [0.5, 0.6) is 11.5 Å². The molecule has 0 unspecified atom stereocenters. The second kappa shape index (κ2) is 5.94. The number of methoxy groups -OCH3 is 1. The summed E-state index contributed by atoms with van der Waals surface area (Å²) in [6.07, 6.45) is 1.18. The fraction of sp³-hybridized carbons (Fsp3) is 0.0833. The number of sulfonamides is 1. The fourth-order valence-corrected chi connectivity index (χ4v) is 3.68. The lowest BCUT2D eigenvalue weighted by Crippen LogP contribution is -1.96. The molecule has 2 rings (SSSR count). The second-order valence-electron chi connectivity index (χ2n) is 3.66. The Morgan fingerprint density at radius 3 is 2.75 bits per heavy atom. The number of thiophene rings is 1. The van der Waals surface area contributed by atoms with E-state index in [0.29, 0.717) is 10.0 Å². The number of aromatic hydroxyl groups is 1. The average molecular weight is 376 g/mol. The minimum absolute atomic E-state index is 0.107. The summed E-state index contributed by atoms with van der Waals surface area (Å²) < 4.78 is 32.8. The number of ether oxygens (including phenoxy) is 1. The summed E-state index contributed by atoms with van der Waals surface area (Å²) in [4.78, 5) is 0. The van der Waals surface area contributed by atoms with Crippen molar-refractivity contribution in [2.75, 3.05) is 7.11 Å². The van der Waals surface area contributed by atoms with Crippen LogP contribution in [0.2, 0.25) is 0 Å². The van der Waals surface area contributed by atoms with E-state index in [1.807, 2.05) is 0 Å². The predicted octanol–water partition coefficient (Wildman–Crippen LogP) is 3.03. The average Bonchev–Trinajstić information content (AvgIpc) is 2.95. The van der Waals surface area contributed by atoms with Gasteiger partial charge in [0.2, 0.25) is 0 Å². The number of benzene rings is 1. The number of phenolic OH excluding ortho intramolecular Hbond substituents is 1. The van der Waals surface area contributed by atoms with E-state index in [0.717, 1.165) is 11.3 Å². The monoisotopic (exact) mass is 375 g/mol. The summed E-state index contributed by atoms with van der Waals surface area (Å²) in [6.45, 7) is 0. The molecular formula is C12H10BrNO4S2. The van der Waals surface area contributed by atoms with Crippen LogP contribution in [-0.2, 0) is 10.0 Å². The van der Waals surface area contributed by atoms with Crippen molar-refractivity contribution in [3.63, 3.8) is 0 Å². The molecule has 0 saturated heterocycles. The van der Waals surface area contributed by atoms with Crippen LogP contribution in [0, 0.1) is 0 Å². The topological polar surface area (TPSA) is 76.0 Å². The minimum atomic E-state index is -3.71. The highest BCUT2D eigenvalue weighted by molar-refractivity contribution is 9.10. The van der Waals surface area contributed by atoms with Crippen LogP contribution in [-0.4, -0.2) is 26.8 Å². The first-order valence-electron chi connectivity index (χ1n) is 5.35. The van der Waals surface area contributed by atoms with Gasteiger partial charge in [0.15, 0.2) is 11.5 Å². The highest BCUT2D eigenvalue weighted by atomic mass is 79.9. The van der Waals surface area contributed by atoms with E-state index in [1.165, 1.54) is 25.5 Å². The molecule has 0 amide bonds. The van der Waals surface area contributed by atoms with E-state index >= 15 is 0 Å². The molecule has 1 heterocycles. The minimum Gasteiger partial charge on any atom is -0.503 e. The molecule has 1 aromatic heterocycles. The normalized spacial score (nSPS) is 11.9. The number of phenols is 1. The zero-order valence-electron chi connectivity index (χ0n) is 10.3. The Morgan fingerprint density at radius 2 is 2.15 bits per heavy atom. The van der Waals surface area contributed by atoms with Gasteiger partial charge in [-0.3, -0.25) is 0 Å². The Balaban J connectivity index is 2.36.